The van der Waals surface area contributed by atoms with Crippen LogP contribution < -0.4 is 0 Å². The molecule has 1 aliphatic rings. The molecule has 4 heteroatoms. The molecule has 244 valence electrons. The van der Waals surface area contributed by atoms with Crippen molar-refractivity contribution in [2.24, 2.45) is 33.7 Å². The molecule has 0 amide bonds. The van der Waals surface area contributed by atoms with Gasteiger partial charge in [-0.15, -0.1) is 0 Å². The van der Waals surface area contributed by atoms with Gasteiger partial charge in [-0.25, -0.2) is 19.6 Å². The zero-order chi connectivity index (χ0) is 30.7. The van der Waals surface area contributed by atoms with Gasteiger partial charge in [0.05, 0.1) is 12.1 Å². The first-order chi connectivity index (χ1) is 20.7. The summed E-state index contributed by atoms with van der Waals surface area (Å²) in [5.41, 5.74) is 0. The molecule has 0 aromatic heterocycles. The topological polar surface area (TPSA) is 58.9 Å². The van der Waals surface area contributed by atoms with Gasteiger partial charge in [0.15, 0.2) is 0 Å². The van der Waals surface area contributed by atoms with E-state index in [-0.39, 0.29) is 12.1 Å². The number of carbonyl (C=O) groups excluding carboxylic acids is 2. The molecule has 0 saturated heterocycles. The van der Waals surface area contributed by atoms with Crippen molar-refractivity contribution in [1.82, 2.24) is 0 Å². The average molecular weight is 587 g/mol. The molecule has 1 rings (SSSR count). The molecule has 6 atom stereocenters. The highest BCUT2D eigenvalue weighted by Gasteiger charge is 2.45. The normalized spacial score (nSPS) is 21.8. The highest BCUT2D eigenvalue weighted by Crippen LogP contribution is 2.49. The maximum absolute atomic E-state index is 11.9. The number of nitrogens with zero attached hydrogens (tertiary/aromatic N) is 2. The standard InChI is InChI=1S/C38H70N2O2/c1-5-9-13-17-20-22-26-34-33(25-21-16-12-8-4)29-30-35(36(39-31-41)27-23-18-14-10-6-2)38(34)37(40-32-42)28-24-19-15-11-7-3/h33-38H,5-30H2,1-4H3. The van der Waals surface area contributed by atoms with Gasteiger partial charge in [-0.2, -0.15) is 0 Å². The van der Waals surface area contributed by atoms with E-state index < -0.39 is 0 Å². The third-order valence-electron chi connectivity index (χ3n) is 10.4. The van der Waals surface area contributed by atoms with Crippen molar-refractivity contribution >= 4 is 12.2 Å². The van der Waals surface area contributed by atoms with Gasteiger partial charge >= 0.3 is 0 Å². The molecule has 4 nitrogen and oxygen atoms in total. The molecule has 0 spiro atoms. The van der Waals surface area contributed by atoms with Crippen molar-refractivity contribution in [3.05, 3.63) is 0 Å². The molecule has 0 aromatic carbocycles. The lowest BCUT2D eigenvalue weighted by Crippen LogP contribution is -2.45. The van der Waals surface area contributed by atoms with Crippen LogP contribution >= 0.6 is 0 Å². The van der Waals surface area contributed by atoms with Gasteiger partial charge in [0, 0.05) is 0 Å². The van der Waals surface area contributed by atoms with Crippen LogP contribution in [0.1, 0.15) is 195 Å². The molecule has 0 heterocycles. The van der Waals surface area contributed by atoms with Crippen molar-refractivity contribution in [2.45, 2.75) is 207 Å². The summed E-state index contributed by atoms with van der Waals surface area (Å²) in [6.45, 7) is 9.09. The van der Waals surface area contributed by atoms with Gasteiger partial charge in [-0.1, -0.05) is 163 Å². The molecule has 1 fully saturated rings. The Labute approximate surface area is 261 Å². The van der Waals surface area contributed by atoms with Crippen LogP contribution in [0.25, 0.3) is 0 Å². The molecule has 1 saturated carbocycles. The highest BCUT2D eigenvalue weighted by molar-refractivity contribution is 5.34. The van der Waals surface area contributed by atoms with Gasteiger partial charge in [-0.05, 0) is 55.8 Å². The summed E-state index contributed by atoms with van der Waals surface area (Å²) in [7, 11) is 0. The summed E-state index contributed by atoms with van der Waals surface area (Å²) < 4.78 is 0. The van der Waals surface area contributed by atoms with Crippen LogP contribution in [-0.2, 0) is 9.59 Å². The summed E-state index contributed by atoms with van der Waals surface area (Å²) >= 11 is 0. The van der Waals surface area contributed by atoms with Crippen LogP contribution in [0, 0.1) is 23.7 Å². The van der Waals surface area contributed by atoms with Crippen molar-refractivity contribution in [2.75, 3.05) is 0 Å². The second-order valence-corrected chi connectivity index (χ2v) is 13.6. The zero-order valence-electron chi connectivity index (χ0n) is 28.6. The van der Waals surface area contributed by atoms with Crippen LogP contribution in [0.15, 0.2) is 9.98 Å². The maximum Gasteiger partial charge on any atom is 0.235 e. The van der Waals surface area contributed by atoms with E-state index in [1.54, 1.807) is 0 Å². The lowest BCUT2D eigenvalue weighted by molar-refractivity contribution is 0.0377. The molecule has 0 bridgehead atoms. The van der Waals surface area contributed by atoms with E-state index >= 15 is 0 Å². The number of hydrogen-bond acceptors (Lipinski definition) is 4. The lowest BCUT2D eigenvalue weighted by Gasteiger charge is -2.47. The SMILES string of the molecule is CCCCCCCCC1C(CCCCCC)CCC(C(CCCCCCC)N=C=O)C1C(CCCCCCC)N=C=O. The Morgan fingerprint density at radius 2 is 0.952 bits per heavy atom. The summed E-state index contributed by atoms with van der Waals surface area (Å²) in [6, 6.07) is 0.0359. The molecular formula is C38H70N2O2. The number of isocyanates is 2. The third-order valence-corrected chi connectivity index (χ3v) is 10.4. The fraction of sp³-hybridized carbons (Fsp3) is 0.947. The Morgan fingerprint density at radius 1 is 0.524 bits per heavy atom. The average Bonchev–Trinajstić information content (AvgIpc) is 3.00. The summed E-state index contributed by atoms with van der Waals surface area (Å²) in [5.74, 6) is 1.93. The molecule has 6 unspecified atom stereocenters. The Bertz CT molecular complexity index is 712. The van der Waals surface area contributed by atoms with E-state index in [4.69, 9.17) is 0 Å². The minimum absolute atomic E-state index is 0.0158. The Kier molecular flexibility index (Phi) is 25.2. The van der Waals surface area contributed by atoms with Gasteiger partial charge in [0.2, 0.25) is 12.2 Å². The monoisotopic (exact) mass is 587 g/mol. The smallest absolute Gasteiger partial charge is 0.211 e. The van der Waals surface area contributed by atoms with E-state index in [9.17, 15) is 9.59 Å². The second-order valence-electron chi connectivity index (χ2n) is 13.6. The van der Waals surface area contributed by atoms with Crippen LogP contribution in [0.5, 0.6) is 0 Å². The quantitative estimate of drug-likeness (QED) is 0.0520. The third kappa shape index (κ3) is 16.6. The number of rotatable bonds is 28. The lowest BCUT2D eigenvalue weighted by atomic mass is 9.59. The van der Waals surface area contributed by atoms with Crippen molar-refractivity contribution < 1.29 is 9.59 Å². The largest absolute Gasteiger partial charge is 0.235 e. The highest BCUT2D eigenvalue weighted by atomic mass is 16.1. The number of unbranched alkanes of at least 4 members (excludes halogenated alkanes) is 16. The summed E-state index contributed by atoms with van der Waals surface area (Å²) in [6.07, 6.45) is 36.2. The predicted molar refractivity (Wildman–Crippen MR) is 181 cm³/mol. The van der Waals surface area contributed by atoms with Crippen LogP contribution in [0.2, 0.25) is 0 Å². The summed E-state index contributed by atoms with van der Waals surface area (Å²) in [4.78, 5) is 32.7. The molecular weight excluding hydrogens is 516 g/mol. The Hall–Kier alpha value is -1.24. The first-order valence-electron chi connectivity index (χ1n) is 18.8. The zero-order valence-corrected chi connectivity index (χ0v) is 28.6. The molecule has 0 aromatic rings. The number of aliphatic imine (C=N–C) groups is 2. The molecule has 0 aliphatic heterocycles. The van der Waals surface area contributed by atoms with E-state index in [2.05, 4.69) is 37.7 Å². The van der Waals surface area contributed by atoms with Crippen LogP contribution in [0.4, 0.5) is 0 Å². The van der Waals surface area contributed by atoms with E-state index in [1.807, 2.05) is 12.2 Å². The van der Waals surface area contributed by atoms with Crippen molar-refractivity contribution in [3.63, 3.8) is 0 Å². The van der Waals surface area contributed by atoms with Crippen LogP contribution in [0.3, 0.4) is 0 Å². The summed E-state index contributed by atoms with van der Waals surface area (Å²) in [5, 5.41) is 0. The second kappa shape index (κ2) is 27.3. The first-order valence-corrected chi connectivity index (χ1v) is 18.8. The molecule has 0 radical (unpaired) electrons. The Balaban J connectivity index is 3.27. The van der Waals surface area contributed by atoms with Gasteiger partial charge in [0.25, 0.3) is 0 Å². The van der Waals surface area contributed by atoms with E-state index in [0.29, 0.717) is 23.7 Å². The predicted octanol–water partition coefficient (Wildman–Crippen LogP) is 12.1. The fourth-order valence-electron chi connectivity index (χ4n) is 8.01. The maximum atomic E-state index is 11.9. The molecule has 1 aliphatic carbocycles. The molecule has 42 heavy (non-hydrogen) atoms. The van der Waals surface area contributed by atoms with Crippen molar-refractivity contribution in [3.8, 4) is 0 Å². The minimum Gasteiger partial charge on any atom is -0.211 e. The van der Waals surface area contributed by atoms with E-state index in [0.717, 1.165) is 32.1 Å². The van der Waals surface area contributed by atoms with Crippen molar-refractivity contribution in [1.29, 1.82) is 0 Å². The molecule has 0 N–H and O–H groups in total. The number of hydrogen-bond donors (Lipinski definition) is 0. The van der Waals surface area contributed by atoms with Gasteiger partial charge in [-0.3, -0.25) is 0 Å². The van der Waals surface area contributed by atoms with Gasteiger partial charge in [0.1, 0.15) is 0 Å². The Morgan fingerprint density at radius 3 is 1.50 bits per heavy atom. The minimum atomic E-state index is 0.0158. The van der Waals surface area contributed by atoms with Gasteiger partial charge < -0.3 is 0 Å². The van der Waals surface area contributed by atoms with Crippen LogP contribution in [-0.4, -0.2) is 24.2 Å². The first kappa shape index (κ1) is 38.8. The fourth-order valence-corrected chi connectivity index (χ4v) is 8.01. The van der Waals surface area contributed by atoms with E-state index in [1.165, 1.54) is 135 Å².